The average Bonchev–Trinajstić information content (AvgIpc) is 2.15. The highest BCUT2D eigenvalue weighted by atomic mass is 19.4. The van der Waals surface area contributed by atoms with Gasteiger partial charge in [-0.15, -0.1) is 13.2 Å². The molecule has 0 saturated carbocycles. The Labute approximate surface area is 97.9 Å². The fourth-order valence-electron chi connectivity index (χ4n) is 1.28. The molecule has 1 aromatic carbocycles. The zero-order chi connectivity index (χ0) is 13.1. The van der Waals surface area contributed by atoms with Gasteiger partial charge in [-0.3, -0.25) is 0 Å². The fourth-order valence-corrected chi connectivity index (χ4v) is 1.28. The van der Waals surface area contributed by atoms with E-state index in [0.717, 1.165) is 0 Å². The number of alkyl halides is 3. The normalized spacial score (nSPS) is 11.6. The van der Waals surface area contributed by atoms with Gasteiger partial charge >= 0.3 is 6.36 Å². The van der Waals surface area contributed by atoms with Gasteiger partial charge in [-0.1, -0.05) is 26.0 Å². The molecular weight excluding hydrogens is 231 g/mol. The van der Waals surface area contributed by atoms with Crippen LogP contribution in [0.25, 0.3) is 0 Å². The summed E-state index contributed by atoms with van der Waals surface area (Å²) in [6, 6.07) is 5.73. The van der Waals surface area contributed by atoms with E-state index in [1.807, 2.05) is 13.8 Å². The number of halogens is 3. The lowest BCUT2D eigenvalue weighted by molar-refractivity contribution is -0.274. The van der Waals surface area contributed by atoms with Crippen LogP contribution in [0, 0.1) is 11.3 Å². The number of rotatable bonds is 4. The van der Waals surface area contributed by atoms with Crippen molar-refractivity contribution < 1.29 is 17.9 Å². The van der Waals surface area contributed by atoms with Gasteiger partial charge in [0.15, 0.2) is 0 Å². The van der Waals surface area contributed by atoms with Gasteiger partial charge < -0.3 is 10.1 Å². The highest BCUT2D eigenvalue weighted by molar-refractivity contribution is 5.85. The van der Waals surface area contributed by atoms with Crippen LogP contribution in [0.3, 0.4) is 0 Å². The summed E-state index contributed by atoms with van der Waals surface area (Å²) >= 11 is 0. The standard InChI is InChI=1S/C12H14F3NO/c1-8(2)11(16)7-9-4-3-5-10(6-9)17-12(13,14)15/h3-6,8,16H,7H2,1-2H3. The Hall–Kier alpha value is -1.52. The summed E-state index contributed by atoms with van der Waals surface area (Å²) in [6.07, 6.45) is -4.34. The van der Waals surface area contributed by atoms with Gasteiger partial charge in [-0.25, -0.2) is 0 Å². The second-order valence-electron chi connectivity index (χ2n) is 4.05. The van der Waals surface area contributed by atoms with Crippen molar-refractivity contribution in [2.75, 3.05) is 0 Å². The van der Waals surface area contributed by atoms with E-state index in [0.29, 0.717) is 17.7 Å². The molecule has 0 aliphatic rings. The lowest BCUT2D eigenvalue weighted by Gasteiger charge is -2.11. The minimum Gasteiger partial charge on any atom is -0.406 e. The first kappa shape index (κ1) is 13.5. The summed E-state index contributed by atoms with van der Waals surface area (Å²) in [6.45, 7) is 3.75. The van der Waals surface area contributed by atoms with Crippen LogP contribution in [0.15, 0.2) is 24.3 Å². The van der Waals surface area contributed by atoms with Gasteiger partial charge in [0.25, 0.3) is 0 Å². The molecule has 17 heavy (non-hydrogen) atoms. The minimum absolute atomic E-state index is 0.0854. The van der Waals surface area contributed by atoms with E-state index in [-0.39, 0.29) is 11.7 Å². The Kier molecular flexibility index (Phi) is 4.15. The molecule has 0 aliphatic carbocycles. The van der Waals surface area contributed by atoms with Gasteiger partial charge in [0.2, 0.25) is 0 Å². The van der Waals surface area contributed by atoms with Gasteiger partial charge in [-0.05, 0) is 23.6 Å². The fraction of sp³-hybridized carbons (Fsp3) is 0.417. The molecular formula is C12H14F3NO. The summed E-state index contributed by atoms with van der Waals surface area (Å²) in [7, 11) is 0. The summed E-state index contributed by atoms with van der Waals surface area (Å²) in [4.78, 5) is 0. The lowest BCUT2D eigenvalue weighted by Crippen LogP contribution is -2.17. The second-order valence-corrected chi connectivity index (χ2v) is 4.05. The number of hydrogen-bond donors (Lipinski definition) is 1. The molecule has 0 bridgehead atoms. The number of benzene rings is 1. The van der Waals surface area contributed by atoms with Crippen molar-refractivity contribution in [2.45, 2.75) is 26.6 Å². The zero-order valence-corrected chi connectivity index (χ0v) is 9.64. The Morgan fingerprint density at radius 3 is 2.53 bits per heavy atom. The third-order valence-electron chi connectivity index (χ3n) is 2.22. The van der Waals surface area contributed by atoms with Crippen LogP contribution in [0.2, 0.25) is 0 Å². The molecule has 2 nitrogen and oxygen atoms in total. The molecule has 0 spiro atoms. The highest BCUT2D eigenvalue weighted by Crippen LogP contribution is 2.23. The van der Waals surface area contributed by atoms with E-state index >= 15 is 0 Å². The van der Waals surface area contributed by atoms with E-state index in [1.54, 1.807) is 6.07 Å². The van der Waals surface area contributed by atoms with Crippen LogP contribution < -0.4 is 4.74 Å². The summed E-state index contributed by atoms with van der Waals surface area (Å²) in [5.74, 6) is -0.159. The first-order valence-corrected chi connectivity index (χ1v) is 5.20. The quantitative estimate of drug-likeness (QED) is 0.804. The van der Waals surface area contributed by atoms with Crippen molar-refractivity contribution in [3.63, 3.8) is 0 Å². The van der Waals surface area contributed by atoms with Crippen LogP contribution in [0.5, 0.6) is 5.75 Å². The first-order valence-electron chi connectivity index (χ1n) is 5.20. The molecule has 0 unspecified atom stereocenters. The summed E-state index contributed by atoms with van der Waals surface area (Å²) in [5, 5.41) is 7.67. The molecule has 1 rings (SSSR count). The topological polar surface area (TPSA) is 33.1 Å². The Morgan fingerprint density at radius 1 is 1.35 bits per heavy atom. The van der Waals surface area contributed by atoms with Crippen molar-refractivity contribution >= 4 is 5.71 Å². The van der Waals surface area contributed by atoms with Crippen LogP contribution in [0.1, 0.15) is 19.4 Å². The SMILES string of the molecule is CC(C)C(=N)Cc1cccc(OC(F)(F)F)c1. The molecule has 0 amide bonds. The number of hydrogen-bond acceptors (Lipinski definition) is 2. The molecule has 0 radical (unpaired) electrons. The predicted octanol–water partition coefficient (Wildman–Crippen LogP) is 3.80. The van der Waals surface area contributed by atoms with Crippen molar-refractivity contribution in [3.8, 4) is 5.75 Å². The van der Waals surface area contributed by atoms with Crippen molar-refractivity contribution in [1.82, 2.24) is 0 Å². The van der Waals surface area contributed by atoms with Crippen molar-refractivity contribution in [2.24, 2.45) is 5.92 Å². The molecule has 0 atom stereocenters. The molecule has 0 aliphatic heterocycles. The number of nitrogens with one attached hydrogen (secondary N) is 1. The molecule has 1 aromatic rings. The lowest BCUT2D eigenvalue weighted by atomic mass is 10.0. The summed E-state index contributed by atoms with van der Waals surface area (Å²) in [5.41, 5.74) is 1.12. The maximum Gasteiger partial charge on any atom is 0.573 e. The van der Waals surface area contributed by atoms with E-state index in [2.05, 4.69) is 4.74 Å². The molecule has 0 fully saturated rings. The second kappa shape index (κ2) is 5.21. The van der Waals surface area contributed by atoms with Crippen molar-refractivity contribution in [3.05, 3.63) is 29.8 Å². The van der Waals surface area contributed by atoms with Crippen molar-refractivity contribution in [1.29, 1.82) is 5.41 Å². The Bertz CT molecular complexity index is 399. The van der Waals surface area contributed by atoms with Gasteiger partial charge in [0.05, 0.1) is 0 Å². The Morgan fingerprint density at radius 2 is 2.00 bits per heavy atom. The van der Waals surface area contributed by atoms with E-state index < -0.39 is 6.36 Å². The van der Waals surface area contributed by atoms with E-state index in [4.69, 9.17) is 5.41 Å². The molecule has 5 heteroatoms. The van der Waals surface area contributed by atoms with Crippen LogP contribution >= 0.6 is 0 Å². The zero-order valence-electron chi connectivity index (χ0n) is 9.64. The number of ether oxygens (including phenoxy) is 1. The van der Waals surface area contributed by atoms with Crippen LogP contribution in [-0.2, 0) is 6.42 Å². The average molecular weight is 245 g/mol. The van der Waals surface area contributed by atoms with Crippen LogP contribution in [0.4, 0.5) is 13.2 Å². The van der Waals surface area contributed by atoms with Crippen LogP contribution in [-0.4, -0.2) is 12.1 Å². The van der Waals surface area contributed by atoms with Gasteiger partial charge in [-0.2, -0.15) is 0 Å². The van der Waals surface area contributed by atoms with E-state index in [9.17, 15) is 13.2 Å². The highest BCUT2D eigenvalue weighted by Gasteiger charge is 2.31. The smallest absolute Gasteiger partial charge is 0.406 e. The molecule has 0 heterocycles. The first-order chi connectivity index (χ1) is 7.78. The van der Waals surface area contributed by atoms with E-state index in [1.165, 1.54) is 18.2 Å². The maximum absolute atomic E-state index is 12.0. The third-order valence-corrected chi connectivity index (χ3v) is 2.22. The molecule has 0 saturated heterocycles. The third kappa shape index (κ3) is 4.89. The molecule has 0 aromatic heterocycles. The predicted molar refractivity (Wildman–Crippen MR) is 59.4 cm³/mol. The maximum atomic E-state index is 12.0. The van der Waals surface area contributed by atoms with Gasteiger partial charge in [0, 0.05) is 12.1 Å². The minimum atomic E-state index is -4.68. The monoisotopic (exact) mass is 245 g/mol. The largest absolute Gasteiger partial charge is 0.573 e. The Balaban J connectivity index is 2.76. The summed E-state index contributed by atoms with van der Waals surface area (Å²) < 4.78 is 39.8. The molecule has 94 valence electrons. The van der Waals surface area contributed by atoms with Gasteiger partial charge in [0.1, 0.15) is 5.75 Å². The molecule has 1 N–H and O–H groups in total.